The number of hydrogen-bond acceptors (Lipinski definition) is 2. The molecule has 2 N–H and O–H groups in total. The molecule has 3 rings (SSSR count). The maximum atomic E-state index is 12.5. The van der Waals surface area contributed by atoms with Crippen molar-refractivity contribution in [3.8, 4) is 0 Å². The number of rotatable bonds is 4. The highest BCUT2D eigenvalue weighted by Crippen LogP contribution is 2.21. The zero-order valence-electron chi connectivity index (χ0n) is 16.6. The van der Waals surface area contributed by atoms with E-state index in [1.807, 2.05) is 50.6 Å². The van der Waals surface area contributed by atoms with E-state index in [1.165, 1.54) is 11.1 Å². The fourth-order valence-corrected chi connectivity index (χ4v) is 3.34. The number of anilines is 2. The Hall–Kier alpha value is -3.08. The first-order valence-corrected chi connectivity index (χ1v) is 9.07. The molecule has 0 unspecified atom stereocenters. The van der Waals surface area contributed by atoms with E-state index in [9.17, 15) is 4.79 Å². The summed E-state index contributed by atoms with van der Waals surface area (Å²) in [5, 5.41) is 10.5. The smallest absolute Gasteiger partial charge is 0.308 e. The molecule has 0 saturated carbocycles. The third-order valence-corrected chi connectivity index (χ3v) is 4.51. The zero-order valence-corrected chi connectivity index (χ0v) is 16.6. The van der Waals surface area contributed by atoms with Gasteiger partial charge in [-0.2, -0.15) is 5.10 Å². The quantitative estimate of drug-likeness (QED) is 0.677. The fraction of sp³-hybridized carbons (Fsp3) is 0.273. The van der Waals surface area contributed by atoms with Gasteiger partial charge in [0.15, 0.2) is 0 Å². The summed E-state index contributed by atoms with van der Waals surface area (Å²) in [6.07, 6.45) is 0. The lowest BCUT2D eigenvalue weighted by Gasteiger charge is -2.10. The largest absolute Gasteiger partial charge is 0.323 e. The molecule has 0 bridgehead atoms. The van der Waals surface area contributed by atoms with Crippen LogP contribution in [0, 0.1) is 34.6 Å². The summed E-state index contributed by atoms with van der Waals surface area (Å²) in [7, 11) is 0. The van der Waals surface area contributed by atoms with Gasteiger partial charge in [0.2, 0.25) is 0 Å². The Balaban J connectivity index is 1.75. The van der Waals surface area contributed by atoms with E-state index < -0.39 is 0 Å². The molecule has 2 amide bonds. The molecule has 2 aromatic carbocycles. The second kappa shape index (κ2) is 7.66. The van der Waals surface area contributed by atoms with Crippen LogP contribution in [0.3, 0.4) is 0 Å². The molecule has 0 aliphatic heterocycles. The molecule has 0 radical (unpaired) electrons. The number of amides is 2. The summed E-state index contributed by atoms with van der Waals surface area (Å²) in [5.41, 5.74) is 7.91. The fourth-order valence-electron chi connectivity index (χ4n) is 3.34. The monoisotopic (exact) mass is 362 g/mol. The standard InChI is InChI=1S/C22H26N4O/c1-14-7-6-8-19(10-14)13-26-18(5)21(17(4)25-26)24-22(27)23-20-11-15(2)9-16(3)12-20/h6-12H,13H2,1-5H3,(H2,23,24,27). The first-order valence-electron chi connectivity index (χ1n) is 9.07. The molecule has 0 saturated heterocycles. The van der Waals surface area contributed by atoms with Crippen molar-refractivity contribution in [1.29, 1.82) is 0 Å². The number of nitrogens with one attached hydrogen (secondary N) is 2. The molecule has 140 valence electrons. The summed E-state index contributed by atoms with van der Waals surface area (Å²) < 4.78 is 1.93. The number of aromatic nitrogens is 2. The third-order valence-electron chi connectivity index (χ3n) is 4.51. The summed E-state index contributed by atoms with van der Waals surface area (Å²) in [4.78, 5) is 12.5. The van der Waals surface area contributed by atoms with E-state index in [0.29, 0.717) is 6.54 Å². The lowest BCUT2D eigenvalue weighted by molar-refractivity contribution is 0.262. The Morgan fingerprint density at radius 1 is 0.926 bits per heavy atom. The van der Waals surface area contributed by atoms with Crippen LogP contribution in [0.2, 0.25) is 0 Å². The van der Waals surface area contributed by atoms with Crippen molar-refractivity contribution < 1.29 is 4.79 Å². The van der Waals surface area contributed by atoms with E-state index in [2.05, 4.69) is 46.9 Å². The molecule has 5 heteroatoms. The molecule has 5 nitrogen and oxygen atoms in total. The highest BCUT2D eigenvalue weighted by atomic mass is 16.2. The molecule has 0 aliphatic carbocycles. The van der Waals surface area contributed by atoms with Gasteiger partial charge in [-0.1, -0.05) is 35.9 Å². The van der Waals surface area contributed by atoms with E-state index in [4.69, 9.17) is 0 Å². The van der Waals surface area contributed by atoms with Crippen molar-refractivity contribution in [3.05, 3.63) is 76.1 Å². The summed E-state index contributed by atoms with van der Waals surface area (Å²) in [6, 6.07) is 14.1. The molecule has 0 fully saturated rings. The molecule has 1 heterocycles. The van der Waals surface area contributed by atoms with Crippen LogP contribution < -0.4 is 10.6 Å². The summed E-state index contributed by atoms with van der Waals surface area (Å²) >= 11 is 0. The van der Waals surface area contributed by atoms with Crippen molar-refractivity contribution in [2.24, 2.45) is 0 Å². The molecular weight excluding hydrogens is 336 g/mol. The van der Waals surface area contributed by atoms with Crippen molar-refractivity contribution in [2.45, 2.75) is 41.2 Å². The molecule has 0 atom stereocenters. The molecule has 0 spiro atoms. The zero-order chi connectivity index (χ0) is 19.6. The van der Waals surface area contributed by atoms with Crippen LogP contribution in [-0.2, 0) is 6.54 Å². The minimum atomic E-state index is -0.263. The van der Waals surface area contributed by atoms with Gasteiger partial charge in [0, 0.05) is 5.69 Å². The average Bonchev–Trinajstić information content (AvgIpc) is 2.81. The van der Waals surface area contributed by atoms with Crippen LogP contribution in [0.5, 0.6) is 0 Å². The number of urea groups is 1. The summed E-state index contributed by atoms with van der Waals surface area (Å²) in [5.74, 6) is 0. The van der Waals surface area contributed by atoms with Gasteiger partial charge < -0.3 is 10.6 Å². The van der Waals surface area contributed by atoms with Gasteiger partial charge in [0.25, 0.3) is 0 Å². The molecule has 27 heavy (non-hydrogen) atoms. The lowest BCUT2D eigenvalue weighted by Crippen LogP contribution is -2.20. The maximum Gasteiger partial charge on any atom is 0.323 e. The van der Waals surface area contributed by atoms with Crippen molar-refractivity contribution in [1.82, 2.24) is 9.78 Å². The Kier molecular flexibility index (Phi) is 5.31. The average molecular weight is 362 g/mol. The Labute approximate surface area is 160 Å². The van der Waals surface area contributed by atoms with Gasteiger partial charge in [0.05, 0.1) is 23.6 Å². The minimum absolute atomic E-state index is 0.263. The van der Waals surface area contributed by atoms with E-state index in [0.717, 1.165) is 33.9 Å². The van der Waals surface area contributed by atoms with Crippen LogP contribution in [-0.4, -0.2) is 15.8 Å². The summed E-state index contributed by atoms with van der Waals surface area (Å²) in [6.45, 7) is 10.7. The number of nitrogens with zero attached hydrogens (tertiary/aromatic N) is 2. The second-order valence-corrected chi connectivity index (χ2v) is 7.15. The Morgan fingerprint density at radius 2 is 1.63 bits per heavy atom. The second-order valence-electron chi connectivity index (χ2n) is 7.15. The molecule has 1 aromatic heterocycles. The Morgan fingerprint density at radius 3 is 2.30 bits per heavy atom. The predicted molar refractivity (Wildman–Crippen MR) is 111 cm³/mol. The van der Waals surface area contributed by atoms with Gasteiger partial charge in [-0.3, -0.25) is 4.68 Å². The maximum absolute atomic E-state index is 12.5. The van der Waals surface area contributed by atoms with E-state index in [1.54, 1.807) is 0 Å². The number of carbonyl (C=O) groups excluding carboxylic acids is 1. The highest BCUT2D eigenvalue weighted by Gasteiger charge is 2.14. The topological polar surface area (TPSA) is 59.0 Å². The first-order chi connectivity index (χ1) is 12.8. The van der Waals surface area contributed by atoms with Crippen LogP contribution in [0.4, 0.5) is 16.2 Å². The van der Waals surface area contributed by atoms with E-state index in [-0.39, 0.29) is 6.03 Å². The third kappa shape index (κ3) is 4.56. The predicted octanol–water partition coefficient (Wildman–Crippen LogP) is 5.12. The van der Waals surface area contributed by atoms with Crippen molar-refractivity contribution >= 4 is 17.4 Å². The highest BCUT2D eigenvalue weighted by molar-refractivity contribution is 6.00. The molecule has 3 aromatic rings. The normalized spacial score (nSPS) is 10.7. The van der Waals surface area contributed by atoms with Gasteiger partial charge in [-0.15, -0.1) is 0 Å². The van der Waals surface area contributed by atoms with Gasteiger partial charge >= 0.3 is 6.03 Å². The number of hydrogen-bond donors (Lipinski definition) is 2. The van der Waals surface area contributed by atoms with Crippen molar-refractivity contribution in [2.75, 3.05) is 10.6 Å². The van der Waals surface area contributed by atoms with Crippen LogP contribution in [0.25, 0.3) is 0 Å². The number of benzene rings is 2. The number of aryl methyl sites for hydroxylation is 4. The number of carbonyl (C=O) groups is 1. The minimum Gasteiger partial charge on any atom is -0.308 e. The van der Waals surface area contributed by atoms with Gasteiger partial charge in [0.1, 0.15) is 0 Å². The van der Waals surface area contributed by atoms with Crippen LogP contribution in [0.1, 0.15) is 33.6 Å². The lowest BCUT2D eigenvalue weighted by atomic mass is 10.1. The van der Waals surface area contributed by atoms with Crippen LogP contribution >= 0.6 is 0 Å². The molecule has 0 aliphatic rings. The van der Waals surface area contributed by atoms with Crippen molar-refractivity contribution in [3.63, 3.8) is 0 Å². The van der Waals surface area contributed by atoms with Crippen LogP contribution in [0.15, 0.2) is 42.5 Å². The van der Waals surface area contributed by atoms with Gasteiger partial charge in [-0.25, -0.2) is 4.79 Å². The molecular formula is C22H26N4O. The Bertz CT molecular complexity index is 968. The van der Waals surface area contributed by atoms with Gasteiger partial charge in [-0.05, 0) is 63.4 Å². The first kappa shape index (κ1) is 18.7. The van der Waals surface area contributed by atoms with E-state index >= 15 is 0 Å². The SMILES string of the molecule is Cc1cccc(Cn2nc(C)c(NC(=O)Nc3cc(C)cc(C)c3)c2C)c1.